The van der Waals surface area contributed by atoms with Crippen molar-refractivity contribution in [1.82, 2.24) is 19.7 Å². The van der Waals surface area contributed by atoms with Gasteiger partial charge >= 0.3 is 6.29 Å². The molecule has 4 rings (SSSR count). The van der Waals surface area contributed by atoms with E-state index in [1.54, 1.807) is 10.7 Å². The molecule has 3 heterocycles. The Morgan fingerprint density at radius 3 is 2.53 bits per heavy atom. The normalized spacial score (nSPS) is 13.4. The Kier molecular flexibility index (Phi) is 6.16. The van der Waals surface area contributed by atoms with E-state index in [-0.39, 0.29) is 28.2 Å². The van der Waals surface area contributed by atoms with Crippen LogP contribution in [0.15, 0.2) is 36.8 Å². The first-order valence-corrected chi connectivity index (χ1v) is 9.49. The number of rotatable bonds is 4. The second-order valence-corrected chi connectivity index (χ2v) is 6.13. The minimum absolute atomic E-state index is 0.137. The number of ether oxygens (including phenoxy) is 2. The third-order valence-electron chi connectivity index (χ3n) is 3.91. The summed E-state index contributed by atoms with van der Waals surface area (Å²) in [6.07, 6.45) is 0.469. The van der Waals surface area contributed by atoms with E-state index in [0.29, 0.717) is 23.5 Å². The molecule has 30 heavy (non-hydrogen) atoms. The smallest absolute Gasteiger partial charge is 0.395 e. The number of alkyl halides is 2. The first-order valence-electron chi connectivity index (χ1n) is 9.11. The van der Waals surface area contributed by atoms with Crippen LogP contribution in [0.25, 0.3) is 11.3 Å². The van der Waals surface area contributed by atoms with Gasteiger partial charge < -0.3 is 14.8 Å². The molecular weight excluding hydrogens is 420 g/mol. The lowest BCUT2D eigenvalue weighted by molar-refractivity contribution is -0.286. The molecule has 0 saturated carbocycles. The Morgan fingerprint density at radius 2 is 1.90 bits per heavy atom. The number of nitrogens with one attached hydrogen (secondary N) is 1. The van der Waals surface area contributed by atoms with Gasteiger partial charge in [-0.15, -0.1) is 8.78 Å². The lowest BCUT2D eigenvalue weighted by Gasteiger charge is -2.08. The Balaban J connectivity index is 0.00000124. The first kappa shape index (κ1) is 21.4. The molecule has 11 heteroatoms. The molecule has 1 N–H and O–H groups in total. The molecule has 0 spiro atoms. The zero-order valence-corrected chi connectivity index (χ0v) is 17.1. The SMILES string of the molecule is CC.CCn1nccc1C(=O)Nc1cnc(-c2cc3c(cc2Cl)OC(F)(F)O3)cn1. The van der Waals surface area contributed by atoms with Crippen molar-refractivity contribution in [3.8, 4) is 22.8 Å². The van der Waals surface area contributed by atoms with Crippen LogP contribution in [0.2, 0.25) is 5.02 Å². The largest absolute Gasteiger partial charge is 0.586 e. The Hall–Kier alpha value is -3.27. The Bertz CT molecular complexity index is 1060. The molecule has 1 aliphatic heterocycles. The van der Waals surface area contributed by atoms with Gasteiger partial charge in [0.25, 0.3) is 5.91 Å². The number of aryl methyl sites for hydroxylation is 1. The Morgan fingerprint density at radius 1 is 1.20 bits per heavy atom. The van der Waals surface area contributed by atoms with Gasteiger partial charge in [-0.2, -0.15) is 5.10 Å². The summed E-state index contributed by atoms with van der Waals surface area (Å²) in [5.74, 6) is -0.495. The number of nitrogens with zero attached hydrogens (tertiary/aromatic N) is 4. The average molecular weight is 438 g/mol. The van der Waals surface area contributed by atoms with E-state index < -0.39 is 6.29 Å². The molecule has 2 aromatic heterocycles. The molecule has 8 nitrogen and oxygen atoms in total. The molecule has 0 unspecified atom stereocenters. The van der Waals surface area contributed by atoms with Gasteiger partial charge in [-0.3, -0.25) is 14.5 Å². The quantitative estimate of drug-likeness (QED) is 0.640. The van der Waals surface area contributed by atoms with Gasteiger partial charge in [0.2, 0.25) is 0 Å². The van der Waals surface area contributed by atoms with Crippen molar-refractivity contribution < 1.29 is 23.0 Å². The summed E-state index contributed by atoms with van der Waals surface area (Å²) in [6.45, 7) is 6.41. The van der Waals surface area contributed by atoms with Crippen LogP contribution in [0, 0.1) is 0 Å². The van der Waals surface area contributed by atoms with Crippen LogP contribution in [0.4, 0.5) is 14.6 Å². The van der Waals surface area contributed by atoms with E-state index in [2.05, 4.69) is 29.9 Å². The summed E-state index contributed by atoms with van der Waals surface area (Å²) in [5.41, 5.74) is 1.02. The van der Waals surface area contributed by atoms with E-state index in [0.717, 1.165) is 0 Å². The third-order valence-corrected chi connectivity index (χ3v) is 4.22. The maximum absolute atomic E-state index is 13.2. The fourth-order valence-electron chi connectivity index (χ4n) is 2.66. The van der Waals surface area contributed by atoms with Crippen molar-refractivity contribution >= 4 is 23.3 Å². The highest BCUT2D eigenvalue weighted by atomic mass is 35.5. The summed E-state index contributed by atoms with van der Waals surface area (Å²) in [5, 5.41) is 6.78. The number of anilines is 1. The van der Waals surface area contributed by atoms with Crippen LogP contribution in [-0.4, -0.2) is 32.0 Å². The maximum Gasteiger partial charge on any atom is 0.586 e. The summed E-state index contributed by atoms with van der Waals surface area (Å²) >= 11 is 6.13. The van der Waals surface area contributed by atoms with Gasteiger partial charge in [-0.05, 0) is 19.1 Å². The molecule has 0 atom stereocenters. The van der Waals surface area contributed by atoms with Crippen molar-refractivity contribution in [2.24, 2.45) is 0 Å². The minimum Gasteiger partial charge on any atom is -0.395 e. The number of amides is 1. The zero-order valence-electron chi connectivity index (χ0n) is 16.3. The minimum atomic E-state index is -3.74. The summed E-state index contributed by atoms with van der Waals surface area (Å²) in [7, 11) is 0. The van der Waals surface area contributed by atoms with Gasteiger partial charge in [-0.25, -0.2) is 4.98 Å². The lowest BCUT2D eigenvalue weighted by atomic mass is 10.1. The van der Waals surface area contributed by atoms with Crippen LogP contribution >= 0.6 is 11.6 Å². The van der Waals surface area contributed by atoms with E-state index in [1.165, 1.54) is 30.7 Å². The molecule has 158 valence electrons. The topological polar surface area (TPSA) is 91.2 Å². The van der Waals surface area contributed by atoms with E-state index in [9.17, 15) is 13.6 Å². The molecule has 3 aromatic rings. The highest BCUT2D eigenvalue weighted by Gasteiger charge is 2.43. The highest BCUT2D eigenvalue weighted by molar-refractivity contribution is 6.33. The second-order valence-electron chi connectivity index (χ2n) is 5.72. The number of hydrogen-bond donors (Lipinski definition) is 1. The van der Waals surface area contributed by atoms with E-state index >= 15 is 0 Å². The molecule has 1 amide bonds. The van der Waals surface area contributed by atoms with Crippen LogP contribution in [-0.2, 0) is 6.54 Å². The number of halogens is 3. The van der Waals surface area contributed by atoms with Crippen LogP contribution < -0.4 is 14.8 Å². The highest BCUT2D eigenvalue weighted by Crippen LogP contribution is 2.45. The van der Waals surface area contributed by atoms with Gasteiger partial charge in [0.15, 0.2) is 17.3 Å². The van der Waals surface area contributed by atoms with Crippen molar-refractivity contribution in [3.05, 3.63) is 47.5 Å². The van der Waals surface area contributed by atoms with E-state index in [4.69, 9.17) is 11.6 Å². The number of aromatic nitrogens is 4. The van der Waals surface area contributed by atoms with Crippen molar-refractivity contribution in [2.45, 2.75) is 33.6 Å². The van der Waals surface area contributed by atoms with Crippen LogP contribution in [0.1, 0.15) is 31.3 Å². The third kappa shape index (κ3) is 4.33. The summed E-state index contributed by atoms with van der Waals surface area (Å²) < 4.78 is 36.7. The van der Waals surface area contributed by atoms with Crippen molar-refractivity contribution in [3.63, 3.8) is 0 Å². The maximum atomic E-state index is 13.2. The van der Waals surface area contributed by atoms with Gasteiger partial charge in [-0.1, -0.05) is 25.4 Å². The van der Waals surface area contributed by atoms with Crippen LogP contribution in [0.3, 0.4) is 0 Å². The van der Waals surface area contributed by atoms with Crippen LogP contribution in [0.5, 0.6) is 11.5 Å². The molecule has 0 radical (unpaired) electrons. The molecule has 0 saturated heterocycles. The predicted molar refractivity (Wildman–Crippen MR) is 106 cm³/mol. The fourth-order valence-corrected chi connectivity index (χ4v) is 2.91. The molecule has 0 bridgehead atoms. The second kappa shape index (κ2) is 8.62. The average Bonchev–Trinajstić information content (AvgIpc) is 3.32. The standard InChI is InChI=1S/C17H12ClF2N5O3.C2H6/c1-2-25-12(3-4-23-25)16(26)24-15-8-21-11(7-22-15)9-5-13-14(6-10(9)18)28-17(19,20)27-13;1-2/h3-8H,2H2,1H3,(H,22,24,26);1-2H3. The fraction of sp³-hybridized carbons (Fsp3) is 0.263. The number of fused-ring (bicyclic) bond motifs is 1. The summed E-state index contributed by atoms with van der Waals surface area (Å²) in [6, 6.07) is 4.10. The summed E-state index contributed by atoms with van der Waals surface area (Å²) in [4.78, 5) is 20.6. The number of hydrogen-bond acceptors (Lipinski definition) is 6. The molecule has 0 aliphatic carbocycles. The lowest BCUT2D eigenvalue weighted by Crippen LogP contribution is -2.25. The first-order chi connectivity index (χ1) is 14.4. The van der Waals surface area contributed by atoms with Crippen molar-refractivity contribution in [1.29, 1.82) is 0 Å². The molecule has 0 fully saturated rings. The van der Waals surface area contributed by atoms with Crippen molar-refractivity contribution in [2.75, 3.05) is 5.32 Å². The van der Waals surface area contributed by atoms with Gasteiger partial charge in [0.05, 0.1) is 23.1 Å². The molecule has 1 aliphatic rings. The van der Waals surface area contributed by atoms with E-state index in [1.807, 2.05) is 20.8 Å². The molecular formula is C19H18ClF2N5O3. The monoisotopic (exact) mass is 437 g/mol. The number of carbonyl (C=O) groups is 1. The number of benzene rings is 1. The van der Waals surface area contributed by atoms with Gasteiger partial charge in [0, 0.05) is 24.4 Å². The Labute approximate surface area is 175 Å². The predicted octanol–water partition coefficient (Wildman–Crippen LogP) is 4.61. The number of carbonyl (C=O) groups excluding carboxylic acids is 1. The zero-order chi connectivity index (χ0) is 21.9. The van der Waals surface area contributed by atoms with Gasteiger partial charge in [0.1, 0.15) is 5.69 Å². The molecule has 1 aromatic carbocycles.